The first-order chi connectivity index (χ1) is 8.34. The second-order valence-corrected chi connectivity index (χ2v) is 4.63. The molecule has 0 amide bonds. The summed E-state index contributed by atoms with van der Waals surface area (Å²) in [6.07, 6.45) is 1.11. The Balaban J connectivity index is 1.61. The molecule has 1 N–H and O–H groups in total. The lowest BCUT2D eigenvalue weighted by Gasteiger charge is -2.18. The highest BCUT2D eigenvalue weighted by atomic mass is 16.5. The molecule has 1 aromatic carbocycles. The molecule has 3 heteroatoms. The van der Waals surface area contributed by atoms with E-state index in [1.807, 2.05) is 18.2 Å². The molecule has 0 spiro atoms. The molecular weight excluding hydrogens is 214 g/mol. The van der Waals surface area contributed by atoms with E-state index in [4.69, 9.17) is 9.47 Å². The van der Waals surface area contributed by atoms with Crippen molar-refractivity contribution < 1.29 is 9.47 Å². The first kappa shape index (κ1) is 12.6. The van der Waals surface area contributed by atoms with Crippen molar-refractivity contribution >= 4 is 0 Å². The Morgan fingerprint density at radius 1 is 1.41 bits per heavy atom. The second-order valence-electron chi connectivity index (χ2n) is 4.63. The molecule has 94 valence electrons. The van der Waals surface area contributed by atoms with Gasteiger partial charge in [-0.15, -0.1) is 0 Å². The molecule has 0 aromatic heterocycles. The fraction of sp³-hybridized carbons (Fsp3) is 0.571. The average molecular weight is 235 g/mol. The highest BCUT2D eigenvalue weighted by Gasteiger charge is 2.17. The first-order valence-electron chi connectivity index (χ1n) is 6.30. The summed E-state index contributed by atoms with van der Waals surface area (Å²) in [5.41, 5.74) is 1.23. The summed E-state index contributed by atoms with van der Waals surface area (Å²) in [5.74, 6) is 0. The van der Waals surface area contributed by atoms with Crippen LogP contribution in [0.2, 0.25) is 0 Å². The summed E-state index contributed by atoms with van der Waals surface area (Å²) in [6, 6.07) is 11.2. The molecule has 2 unspecified atom stereocenters. The zero-order chi connectivity index (χ0) is 11.9. The van der Waals surface area contributed by atoms with Crippen LogP contribution in [0.25, 0.3) is 0 Å². The highest BCUT2D eigenvalue weighted by molar-refractivity contribution is 5.13. The molecule has 2 rings (SSSR count). The summed E-state index contributed by atoms with van der Waals surface area (Å²) >= 11 is 0. The minimum absolute atomic E-state index is 0.380. The van der Waals surface area contributed by atoms with Crippen LogP contribution in [0.4, 0.5) is 0 Å². The van der Waals surface area contributed by atoms with Gasteiger partial charge in [-0.25, -0.2) is 0 Å². The minimum Gasteiger partial charge on any atom is -0.380 e. The van der Waals surface area contributed by atoms with Crippen LogP contribution in [0.1, 0.15) is 18.9 Å². The zero-order valence-electron chi connectivity index (χ0n) is 10.4. The maximum atomic E-state index is 5.69. The molecule has 1 aromatic rings. The topological polar surface area (TPSA) is 30.5 Å². The molecule has 2 atom stereocenters. The standard InChI is InChI=1S/C14H21NO2/c1-12(15-14-7-8-16-11-14)9-17-10-13-5-3-2-4-6-13/h2-6,12,14-15H,7-11H2,1H3. The van der Waals surface area contributed by atoms with Crippen molar-refractivity contribution in [3.8, 4) is 0 Å². The van der Waals surface area contributed by atoms with Gasteiger partial charge in [-0.1, -0.05) is 30.3 Å². The van der Waals surface area contributed by atoms with E-state index >= 15 is 0 Å². The molecule has 1 aliphatic rings. The quantitative estimate of drug-likeness (QED) is 0.817. The van der Waals surface area contributed by atoms with Gasteiger partial charge in [-0.3, -0.25) is 0 Å². The van der Waals surface area contributed by atoms with Crippen molar-refractivity contribution in [1.29, 1.82) is 0 Å². The van der Waals surface area contributed by atoms with Gasteiger partial charge in [0.1, 0.15) is 0 Å². The summed E-state index contributed by atoms with van der Waals surface area (Å²) < 4.78 is 11.0. The maximum absolute atomic E-state index is 5.69. The number of nitrogens with one attached hydrogen (secondary N) is 1. The predicted molar refractivity (Wildman–Crippen MR) is 67.9 cm³/mol. The fourth-order valence-corrected chi connectivity index (χ4v) is 2.04. The Bertz CT molecular complexity index is 309. The van der Waals surface area contributed by atoms with Gasteiger partial charge >= 0.3 is 0 Å². The first-order valence-corrected chi connectivity index (χ1v) is 6.30. The lowest BCUT2D eigenvalue weighted by Crippen LogP contribution is -2.39. The van der Waals surface area contributed by atoms with Crippen molar-refractivity contribution in [2.24, 2.45) is 0 Å². The van der Waals surface area contributed by atoms with E-state index in [1.165, 1.54) is 5.56 Å². The van der Waals surface area contributed by atoms with Gasteiger partial charge in [-0.05, 0) is 18.9 Å². The van der Waals surface area contributed by atoms with Gasteiger partial charge in [0, 0.05) is 18.7 Å². The van der Waals surface area contributed by atoms with E-state index in [1.54, 1.807) is 0 Å². The molecular formula is C14H21NO2. The van der Waals surface area contributed by atoms with E-state index in [0.29, 0.717) is 18.7 Å². The number of rotatable bonds is 6. The van der Waals surface area contributed by atoms with Gasteiger partial charge in [0.2, 0.25) is 0 Å². The molecule has 0 saturated carbocycles. The fourth-order valence-electron chi connectivity index (χ4n) is 2.04. The summed E-state index contributed by atoms with van der Waals surface area (Å²) in [5, 5.41) is 3.52. The smallest absolute Gasteiger partial charge is 0.0717 e. The summed E-state index contributed by atoms with van der Waals surface area (Å²) in [6.45, 7) is 5.31. The molecule has 0 bridgehead atoms. The van der Waals surface area contributed by atoms with Crippen LogP contribution >= 0.6 is 0 Å². The van der Waals surface area contributed by atoms with Gasteiger partial charge < -0.3 is 14.8 Å². The molecule has 3 nitrogen and oxygen atoms in total. The summed E-state index contributed by atoms with van der Waals surface area (Å²) in [4.78, 5) is 0. The van der Waals surface area contributed by atoms with Crippen molar-refractivity contribution in [1.82, 2.24) is 5.32 Å². The molecule has 1 heterocycles. The van der Waals surface area contributed by atoms with E-state index in [0.717, 1.165) is 26.2 Å². The van der Waals surface area contributed by atoms with E-state index < -0.39 is 0 Å². The summed E-state index contributed by atoms with van der Waals surface area (Å²) in [7, 11) is 0. The zero-order valence-corrected chi connectivity index (χ0v) is 10.4. The lowest BCUT2D eigenvalue weighted by atomic mass is 10.2. The maximum Gasteiger partial charge on any atom is 0.0717 e. The van der Waals surface area contributed by atoms with Crippen molar-refractivity contribution in [2.75, 3.05) is 19.8 Å². The molecule has 0 aliphatic carbocycles. The number of benzene rings is 1. The molecule has 1 saturated heterocycles. The average Bonchev–Trinajstić information content (AvgIpc) is 2.83. The Morgan fingerprint density at radius 2 is 2.24 bits per heavy atom. The number of hydrogen-bond acceptors (Lipinski definition) is 3. The van der Waals surface area contributed by atoms with Gasteiger partial charge in [-0.2, -0.15) is 0 Å². The number of ether oxygens (including phenoxy) is 2. The van der Waals surface area contributed by atoms with Crippen LogP contribution < -0.4 is 5.32 Å². The van der Waals surface area contributed by atoms with Gasteiger partial charge in [0.15, 0.2) is 0 Å². The Kier molecular flexibility index (Phi) is 4.98. The third kappa shape index (κ3) is 4.46. The normalized spacial score (nSPS) is 21.6. The molecule has 0 radical (unpaired) electrons. The van der Waals surface area contributed by atoms with Gasteiger partial charge in [0.25, 0.3) is 0 Å². The monoisotopic (exact) mass is 235 g/mol. The lowest BCUT2D eigenvalue weighted by molar-refractivity contribution is 0.0980. The number of hydrogen-bond donors (Lipinski definition) is 1. The van der Waals surface area contributed by atoms with E-state index in [2.05, 4.69) is 24.4 Å². The third-order valence-electron chi connectivity index (χ3n) is 2.93. The largest absolute Gasteiger partial charge is 0.380 e. The van der Waals surface area contributed by atoms with Crippen LogP contribution in [0.3, 0.4) is 0 Å². The predicted octanol–water partition coefficient (Wildman–Crippen LogP) is 1.97. The van der Waals surface area contributed by atoms with E-state index in [9.17, 15) is 0 Å². The van der Waals surface area contributed by atoms with Crippen LogP contribution in [0.5, 0.6) is 0 Å². The van der Waals surface area contributed by atoms with Crippen LogP contribution in [-0.2, 0) is 16.1 Å². The van der Waals surface area contributed by atoms with Crippen molar-refractivity contribution in [3.05, 3.63) is 35.9 Å². The van der Waals surface area contributed by atoms with Crippen molar-refractivity contribution in [3.63, 3.8) is 0 Å². The minimum atomic E-state index is 0.380. The molecule has 1 fully saturated rings. The Morgan fingerprint density at radius 3 is 2.94 bits per heavy atom. The SMILES string of the molecule is CC(COCc1ccccc1)NC1CCOC1. The van der Waals surface area contributed by atoms with Crippen LogP contribution in [0, 0.1) is 0 Å². The van der Waals surface area contributed by atoms with Crippen LogP contribution in [0.15, 0.2) is 30.3 Å². The Labute approximate surface area is 103 Å². The molecule has 1 aliphatic heterocycles. The van der Waals surface area contributed by atoms with E-state index in [-0.39, 0.29) is 0 Å². The van der Waals surface area contributed by atoms with Crippen LogP contribution in [-0.4, -0.2) is 31.9 Å². The highest BCUT2D eigenvalue weighted by Crippen LogP contribution is 2.05. The van der Waals surface area contributed by atoms with Crippen molar-refractivity contribution in [2.45, 2.75) is 32.0 Å². The Hall–Kier alpha value is -0.900. The second kappa shape index (κ2) is 6.74. The van der Waals surface area contributed by atoms with Gasteiger partial charge in [0.05, 0.1) is 19.8 Å². The third-order valence-corrected chi connectivity index (χ3v) is 2.93. The molecule has 17 heavy (non-hydrogen) atoms.